The number of rotatable bonds is 6. The van der Waals surface area contributed by atoms with Crippen molar-refractivity contribution in [3.05, 3.63) is 65.6 Å². The Kier molecular flexibility index (Phi) is 5.40. The average Bonchev–Trinajstić information content (AvgIpc) is 3.28. The zero-order chi connectivity index (χ0) is 22.0. The molecule has 1 atom stereocenters. The standard InChI is InChI=1S/C22H22N4O5/c1-28-15-6-4-14(5-7-15)26-19(23)18-8-9-31-22(18)25-20(26)21(27)24-13-10-16(29-2)12-17(11-13)30-3/h4-12,20H,23H2,1-3H3,(H,24,27). The summed E-state index contributed by atoms with van der Waals surface area (Å²) in [5.74, 6) is 1.72. The maximum atomic E-state index is 13.3. The molecule has 1 unspecified atom stereocenters. The lowest BCUT2D eigenvalue weighted by molar-refractivity contribution is -0.117. The number of nitrogens with zero attached hydrogens (tertiary/aromatic N) is 2. The number of nitrogens with two attached hydrogens (primary N) is 1. The fourth-order valence-corrected chi connectivity index (χ4v) is 3.31. The Morgan fingerprint density at radius 1 is 1.00 bits per heavy atom. The van der Waals surface area contributed by atoms with E-state index in [2.05, 4.69) is 10.3 Å². The minimum atomic E-state index is -0.996. The van der Waals surface area contributed by atoms with Crippen LogP contribution in [0.2, 0.25) is 0 Å². The highest BCUT2D eigenvalue weighted by atomic mass is 16.5. The van der Waals surface area contributed by atoms with Crippen molar-refractivity contribution in [3.63, 3.8) is 0 Å². The monoisotopic (exact) mass is 422 g/mol. The van der Waals surface area contributed by atoms with Gasteiger partial charge in [0.25, 0.3) is 5.91 Å². The Balaban J connectivity index is 1.73. The van der Waals surface area contributed by atoms with Gasteiger partial charge in [0.15, 0.2) is 0 Å². The molecule has 0 saturated heterocycles. The van der Waals surface area contributed by atoms with Gasteiger partial charge in [-0.3, -0.25) is 9.69 Å². The highest BCUT2D eigenvalue weighted by Gasteiger charge is 2.31. The maximum Gasteiger partial charge on any atom is 0.270 e. The number of methoxy groups -OCH3 is 3. The van der Waals surface area contributed by atoms with Gasteiger partial charge < -0.3 is 29.7 Å². The first-order valence-electron chi connectivity index (χ1n) is 9.42. The smallest absolute Gasteiger partial charge is 0.270 e. The first kappa shape index (κ1) is 20.1. The van der Waals surface area contributed by atoms with E-state index in [1.54, 1.807) is 60.5 Å². The third-order valence-electron chi connectivity index (χ3n) is 4.87. The number of hydrogen-bond acceptors (Lipinski definition) is 8. The summed E-state index contributed by atoms with van der Waals surface area (Å²) in [5, 5.41) is 3.47. The van der Waals surface area contributed by atoms with Crippen LogP contribution in [-0.4, -0.2) is 33.4 Å². The van der Waals surface area contributed by atoms with E-state index in [-0.39, 0.29) is 0 Å². The van der Waals surface area contributed by atoms with Gasteiger partial charge in [0, 0.05) is 29.6 Å². The molecular formula is C22H22N4O5. The van der Waals surface area contributed by atoms with E-state index < -0.39 is 12.1 Å². The van der Waals surface area contributed by atoms with Crippen molar-refractivity contribution in [3.8, 4) is 17.2 Å². The highest BCUT2D eigenvalue weighted by molar-refractivity contribution is 5.99. The third-order valence-corrected chi connectivity index (χ3v) is 4.87. The lowest BCUT2D eigenvalue weighted by Gasteiger charge is -2.31. The molecule has 31 heavy (non-hydrogen) atoms. The van der Waals surface area contributed by atoms with Crippen LogP contribution in [-0.2, 0) is 4.79 Å². The van der Waals surface area contributed by atoms with Crippen LogP contribution in [0.1, 0.15) is 0 Å². The number of nitrogens with one attached hydrogen (secondary N) is 1. The number of carbonyl (C=O) groups excluding carboxylic acids is 1. The number of furan rings is 1. The van der Waals surface area contributed by atoms with E-state index >= 15 is 0 Å². The van der Waals surface area contributed by atoms with Crippen LogP contribution < -0.4 is 40.9 Å². The number of fused-ring (bicyclic) bond motifs is 1. The largest absolute Gasteiger partial charge is 0.497 e. The summed E-state index contributed by atoms with van der Waals surface area (Å²) < 4.78 is 21.2. The van der Waals surface area contributed by atoms with Crippen molar-refractivity contribution in [2.75, 3.05) is 31.5 Å². The second-order valence-electron chi connectivity index (χ2n) is 6.69. The van der Waals surface area contributed by atoms with Crippen LogP contribution in [0, 0.1) is 0 Å². The first-order chi connectivity index (χ1) is 15.0. The molecule has 9 heteroatoms. The topological polar surface area (TPSA) is 112 Å². The van der Waals surface area contributed by atoms with Gasteiger partial charge in [0.1, 0.15) is 23.1 Å². The number of amides is 1. The average molecular weight is 422 g/mol. The Hall–Kier alpha value is -4.14. The molecule has 1 aliphatic heterocycles. The molecule has 3 N–H and O–H groups in total. The van der Waals surface area contributed by atoms with Gasteiger partial charge in [-0.1, -0.05) is 0 Å². The summed E-state index contributed by atoms with van der Waals surface area (Å²) in [6.07, 6.45) is 0.490. The summed E-state index contributed by atoms with van der Waals surface area (Å²) in [6, 6.07) is 14.0. The second kappa shape index (κ2) is 8.31. The van der Waals surface area contributed by atoms with E-state index in [9.17, 15) is 4.79 Å². The molecule has 160 valence electrons. The van der Waals surface area contributed by atoms with Crippen molar-refractivity contribution < 1.29 is 23.4 Å². The van der Waals surface area contributed by atoms with Crippen molar-refractivity contribution in [1.82, 2.24) is 0 Å². The van der Waals surface area contributed by atoms with Gasteiger partial charge in [0.05, 0.1) is 32.8 Å². The Morgan fingerprint density at radius 3 is 2.26 bits per heavy atom. The van der Waals surface area contributed by atoms with Crippen LogP contribution in [0.25, 0.3) is 5.82 Å². The molecule has 1 amide bonds. The molecule has 0 spiro atoms. The molecule has 0 radical (unpaired) electrons. The molecular weight excluding hydrogens is 400 g/mol. The summed E-state index contributed by atoms with van der Waals surface area (Å²) in [7, 11) is 4.66. The van der Waals surface area contributed by atoms with Gasteiger partial charge >= 0.3 is 0 Å². The maximum absolute atomic E-state index is 13.3. The quantitative estimate of drug-likeness (QED) is 0.618. The molecule has 1 aromatic heterocycles. The minimum absolute atomic E-state index is 0.297. The van der Waals surface area contributed by atoms with Crippen molar-refractivity contribution >= 4 is 23.1 Å². The molecule has 0 fully saturated rings. The third kappa shape index (κ3) is 3.85. The minimum Gasteiger partial charge on any atom is -0.497 e. The molecule has 1 aliphatic rings. The van der Waals surface area contributed by atoms with Gasteiger partial charge in [-0.15, -0.1) is 0 Å². The summed E-state index contributed by atoms with van der Waals surface area (Å²) in [6.45, 7) is 0. The van der Waals surface area contributed by atoms with Crippen LogP contribution in [0.4, 0.5) is 11.4 Å². The van der Waals surface area contributed by atoms with E-state index in [4.69, 9.17) is 24.4 Å². The number of hydrogen-bond donors (Lipinski definition) is 2. The molecule has 3 aromatic rings. The van der Waals surface area contributed by atoms with E-state index in [0.29, 0.717) is 45.2 Å². The van der Waals surface area contributed by atoms with Gasteiger partial charge in [-0.25, -0.2) is 4.99 Å². The molecule has 0 saturated carbocycles. The lowest BCUT2D eigenvalue weighted by Crippen LogP contribution is -2.52. The van der Waals surface area contributed by atoms with E-state index in [1.165, 1.54) is 20.5 Å². The van der Waals surface area contributed by atoms with Crippen molar-refractivity contribution in [2.24, 2.45) is 10.7 Å². The molecule has 2 aromatic carbocycles. The predicted octanol–water partition coefficient (Wildman–Crippen LogP) is 1.43. The van der Waals surface area contributed by atoms with E-state index in [0.717, 1.165) is 0 Å². The zero-order valence-corrected chi connectivity index (χ0v) is 17.3. The van der Waals surface area contributed by atoms with Crippen LogP contribution in [0.3, 0.4) is 0 Å². The number of anilines is 2. The number of benzene rings is 2. The number of ether oxygens (including phenoxy) is 3. The van der Waals surface area contributed by atoms with Gasteiger partial charge in [-0.2, -0.15) is 0 Å². The van der Waals surface area contributed by atoms with Crippen LogP contribution in [0.15, 0.2) is 64.2 Å². The number of carbonyl (C=O) groups is 1. The predicted molar refractivity (Wildman–Crippen MR) is 115 cm³/mol. The zero-order valence-electron chi connectivity index (χ0n) is 17.3. The van der Waals surface area contributed by atoms with Gasteiger partial charge in [0.2, 0.25) is 11.7 Å². The van der Waals surface area contributed by atoms with Crippen LogP contribution >= 0.6 is 0 Å². The Labute approximate surface area is 178 Å². The first-order valence-corrected chi connectivity index (χ1v) is 9.42. The van der Waals surface area contributed by atoms with Gasteiger partial charge in [-0.05, 0) is 30.3 Å². The lowest BCUT2D eigenvalue weighted by atomic mass is 10.2. The molecule has 0 bridgehead atoms. The van der Waals surface area contributed by atoms with Crippen LogP contribution in [0.5, 0.6) is 17.2 Å². The normalized spacial score (nSPS) is 15.0. The van der Waals surface area contributed by atoms with E-state index in [1.807, 2.05) is 0 Å². The second-order valence-corrected chi connectivity index (χ2v) is 6.69. The fourth-order valence-electron chi connectivity index (χ4n) is 3.31. The molecule has 4 rings (SSSR count). The Bertz CT molecular complexity index is 1200. The summed E-state index contributed by atoms with van der Waals surface area (Å²) in [4.78, 5) is 19.4. The fraction of sp³-hybridized carbons (Fsp3) is 0.182. The molecule has 2 heterocycles. The summed E-state index contributed by atoms with van der Waals surface area (Å²) >= 11 is 0. The van der Waals surface area contributed by atoms with Crippen molar-refractivity contribution in [2.45, 2.75) is 6.17 Å². The molecule has 9 nitrogen and oxygen atoms in total. The Morgan fingerprint density at radius 2 is 1.65 bits per heavy atom. The molecule has 0 aliphatic carbocycles. The SMILES string of the molecule is COc1ccc(N2C(N)=c3ccoc3=NC2C(=O)Nc2cc(OC)cc(OC)c2)cc1. The summed E-state index contributed by atoms with van der Waals surface area (Å²) in [5.41, 5.74) is 7.89. The van der Waals surface area contributed by atoms with Crippen molar-refractivity contribution in [1.29, 1.82) is 0 Å². The highest BCUT2D eigenvalue weighted by Crippen LogP contribution is 2.28.